The maximum absolute atomic E-state index is 12.2. The number of amides is 1. The minimum atomic E-state index is -0.0796. The molecule has 1 aliphatic heterocycles. The Morgan fingerprint density at radius 2 is 2.30 bits per heavy atom. The monoisotopic (exact) mass is 276 g/mol. The lowest BCUT2D eigenvalue weighted by Crippen LogP contribution is -2.43. The zero-order valence-electron chi connectivity index (χ0n) is 12.4. The molecule has 0 unspecified atom stereocenters. The fourth-order valence-corrected chi connectivity index (χ4v) is 2.36. The summed E-state index contributed by atoms with van der Waals surface area (Å²) >= 11 is 0. The Kier molecular flexibility index (Phi) is 5.41. The van der Waals surface area contributed by atoms with Crippen LogP contribution in [0.5, 0.6) is 5.75 Å². The van der Waals surface area contributed by atoms with Gasteiger partial charge in [-0.1, -0.05) is 19.4 Å². The normalized spacial score (nSPS) is 18.6. The van der Waals surface area contributed by atoms with Crippen molar-refractivity contribution in [1.82, 2.24) is 5.32 Å². The predicted molar refractivity (Wildman–Crippen MR) is 81.2 cm³/mol. The van der Waals surface area contributed by atoms with E-state index in [2.05, 4.69) is 17.6 Å². The molecule has 2 rings (SSSR count). The molecule has 1 fully saturated rings. The molecule has 1 saturated heterocycles. The Labute approximate surface area is 120 Å². The van der Waals surface area contributed by atoms with Crippen LogP contribution in [-0.2, 0) is 4.79 Å². The van der Waals surface area contributed by atoms with Crippen LogP contribution in [0.15, 0.2) is 18.2 Å². The van der Waals surface area contributed by atoms with Crippen LogP contribution in [-0.4, -0.2) is 25.1 Å². The quantitative estimate of drug-likeness (QED) is 0.869. The van der Waals surface area contributed by atoms with E-state index in [0.717, 1.165) is 49.2 Å². The number of nitrogens with one attached hydrogen (secondary N) is 2. The van der Waals surface area contributed by atoms with Gasteiger partial charge in [0.25, 0.3) is 0 Å². The van der Waals surface area contributed by atoms with Crippen molar-refractivity contribution in [2.45, 2.75) is 45.6 Å². The lowest BCUT2D eigenvalue weighted by Gasteiger charge is -2.23. The Bertz CT molecular complexity index is 454. The summed E-state index contributed by atoms with van der Waals surface area (Å²) in [5.74, 6) is 0.797. The molecule has 110 valence electrons. The van der Waals surface area contributed by atoms with Crippen molar-refractivity contribution in [3.05, 3.63) is 23.8 Å². The predicted octanol–water partition coefficient (Wildman–Crippen LogP) is 2.86. The zero-order chi connectivity index (χ0) is 14.4. The van der Waals surface area contributed by atoms with Crippen molar-refractivity contribution in [3.63, 3.8) is 0 Å². The number of ether oxygens (including phenoxy) is 1. The largest absolute Gasteiger partial charge is 0.491 e. The number of hydrogen-bond donors (Lipinski definition) is 2. The zero-order valence-corrected chi connectivity index (χ0v) is 12.4. The summed E-state index contributed by atoms with van der Waals surface area (Å²) in [6, 6.07) is 5.80. The number of anilines is 1. The third kappa shape index (κ3) is 3.97. The van der Waals surface area contributed by atoms with E-state index in [0.29, 0.717) is 6.61 Å². The molecule has 0 saturated carbocycles. The Morgan fingerprint density at radius 3 is 3.00 bits per heavy atom. The van der Waals surface area contributed by atoms with Crippen molar-refractivity contribution < 1.29 is 9.53 Å². The lowest BCUT2D eigenvalue weighted by molar-refractivity contribution is -0.118. The molecule has 1 aromatic carbocycles. The van der Waals surface area contributed by atoms with Crippen LogP contribution >= 0.6 is 0 Å². The Morgan fingerprint density at radius 1 is 1.45 bits per heavy atom. The molecule has 0 bridgehead atoms. The number of carbonyl (C=O) groups excluding carboxylic acids is 1. The Hall–Kier alpha value is -1.55. The molecule has 1 heterocycles. The van der Waals surface area contributed by atoms with Crippen LogP contribution < -0.4 is 15.4 Å². The first-order chi connectivity index (χ1) is 9.70. The van der Waals surface area contributed by atoms with Gasteiger partial charge in [-0.2, -0.15) is 0 Å². The van der Waals surface area contributed by atoms with Gasteiger partial charge in [-0.3, -0.25) is 4.79 Å². The van der Waals surface area contributed by atoms with Gasteiger partial charge in [-0.15, -0.1) is 0 Å². The highest BCUT2D eigenvalue weighted by molar-refractivity contribution is 5.96. The maximum Gasteiger partial charge on any atom is 0.241 e. The number of hydrogen-bond acceptors (Lipinski definition) is 3. The molecular formula is C16H24N2O2. The summed E-state index contributed by atoms with van der Waals surface area (Å²) in [6.07, 6.45) is 4.12. The van der Waals surface area contributed by atoms with E-state index in [4.69, 9.17) is 4.74 Å². The highest BCUT2D eigenvalue weighted by Crippen LogP contribution is 2.26. The topological polar surface area (TPSA) is 50.4 Å². The van der Waals surface area contributed by atoms with E-state index in [9.17, 15) is 4.79 Å². The molecule has 20 heavy (non-hydrogen) atoms. The van der Waals surface area contributed by atoms with Crippen molar-refractivity contribution in [1.29, 1.82) is 0 Å². The second kappa shape index (κ2) is 7.29. The molecule has 4 nitrogen and oxygen atoms in total. The second-order valence-corrected chi connectivity index (χ2v) is 5.34. The van der Waals surface area contributed by atoms with E-state index in [-0.39, 0.29) is 11.9 Å². The van der Waals surface area contributed by atoms with Gasteiger partial charge in [0.1, 0.15) is 5.75 Å². The Balaban J connectivity index is 2.05. The maximum atomic E-state index is 12.2. The van der Waals surface area contributed by atoms with Gasteiger partial charge in [-0.05, 0) is 50.4 Å². The average molecular weight is 276 g/mol. The van der Waals surface area contributed by atoms with E-state index in [1.807, 2.05) is 25.1 Å². The lowest BCUT2D eigenvalue weighted by atomic mass is 10.0. The first-order valence-corrected chi connectivity index (χ1v) is 7.48. The van der Waals surface area contributed by atoms with E-state index < -0.39 is 0 Å². The third-order valence-electron chi connectivity index (χ3n) is 3.48. The molecule has 0 spiro atoms. The first kappa shape index (κ1) is 14.9. The van der Waals surface area contributed by atoms with Crippen molar-refractivity contribution >= 4 is 11.6 Å². The van der Waals surface area contributed by atoms with Gasteiger partial charge in [0.05, 0.1) is 18.3 Å². The fraction of sp³-hybridized carbons (Fsp3) is 0.562. The molecule has 1 atom stereocenters. The number of aryl methyl sites for hydroxylation is 1. The molecule has 0 radical (unpaired) electrons. The minimum absolute atomic E-state index is 0.0369. The van der Waals surface area contributed by atoms with Gasteiger partial charge in [0.15, 0.2) is 0 Å². The summed E-state index contributed by atoms with van der Waals surface area (Å²) in [6.45, 7) is 5.67. The molecule has 0 aliphatic carbocycles. The van der Waals surface area contributed by atoms with Gasteiger partial charge >= 0.3 is 0 Å². The van der Waals surface area contributed by atoms with E-state index in [1.54, 1.807) is 0 Å². The molecule has 4 heteroatoms. The molecule has 1 aromatic rings. The number of rotatable bonds is 5. The summed E-state index contributed by atoms with van der Waals surface area (Å²) in [5, 5.41) is 6.25. The number of carbonyl (C=O) groups is 1. The molecule has 2 N–H and O–H groups in total. The highest BCUT2D eigenvalue weighted by Gasteiger charge is 2.21. The highest BCUT2D eigenvalue weighted by atomic mass is 16.5. The molecule has 0 aromatic heterocycles. The van der Waals surface area contributed by atoms with Gasteiger partial charge < -0.3 is 15.4 Å². The fourth-order valence-electron chi connectivity index (χ4n) is 2.36. The second-order valence-electron chi connectivity index (χ2n) is 5.34. The van der Waals surface area contributed by atoms with Crippen LogP contribution in [0.4, 0.5) is 5.69 Å². The summed E-state index contributed by atoms with van der Waals surface area (Å²) in [5.41, 5.74) is 1.89. The number of benzene rings is 1. The summed E-state index contributed by atoms with van der Waals surface area (Å²) in [4.78, 5) is 12.2. The van der Waals surface area contributed by atoms with E-state index >= 15 is 0 Å². The smallest absolute Gasteiger partial charge is 0.241 e. The summed E-state index contributed by atoms with van der Waals surface area (Å²) in [7, 11) is 0. The van der Waals surface area contributed by atoms with Crippen LogP contribution in [0.25, 0.3) is 0 Å². The average Bonchev–Trinajstić information content (AvgIpc) is 2.48. The van der Waals surface area contributed by atoms with Gasteiger partial charge in [0, 0.05) is 0 Å². The summed E-state index contributed by atoms with van der Waals surface area (Å²) < 4.78 is 5.72. The van der Waals surface area contributed by atoms with E-state index in [1.165, 1.54) is 0 Å². The molecule has 1 amide bonds. The van der Waals surface area contributed by atoms with Gasteiger partial charge in [0.2, 0.25) is 5.91 Å². The van der Waals surface area contributed by atoms with Crippen LogP contribution in [0, 0.1) is 6.92 Å². The number of piperidine rings is 1. The van der Waals surface area contributed by atoms with Crippen LogP contribution in [0.2, 0.25) is 0 Å². The molecular weight excluding hydrogens is 252 g/mol. The SMILES string of the molecule is CCCOc1cc(C)ccc1NC(=O)[C@H]1CCCCN1. The first-order valence-electron chi connectivity index (χ1n) is 7.48. The van der Waals surface area contributed by atoms with Crippen molar-refractivity contribution in [3.8, 4) is 5.75 Å². The van der Waals surface area contributed by atoms with Crippen molar-refractivity contribution in [2.75, 3.05) is 18.5 Å². The van der Waals surface area contributed by atoms with Crippen molar-refractivity contribution in [2.24, 2.45) is 0 Å². The minimum Gasteiger partial charge on any atom is -0.491 e. The third-order valence-corrected chi connectivity index (χ3v) is 3.48. The van der Waals surface area contributed by atoms with Gasteiger partial charge in [-0.25, -0.2) is 0 Å². The van der Waals surface area contributed by atoms with Crippen LogP contribution in [0.3, 0.4) is 0 Å². The van der Waals surface area contributed by atoms with Crippen LogP contribution in [0.1, 0.15) is 38.2 Å². The molecule has 1 aliphatic rings. The standard InChI is InChI=1S/C16H24N2O2/c1-3-10-20-15-11-12(2)7-8-13(15)18-16(19)14-6-4-5-9-17-14/h7-8,11,14,17H,3-6,9-10H2,1-2H3,(H,18,19)/t14-/m1/s1.